The fourth-order valence-electron chi connectivity index (χ4n) is 2.66. The molecule has 0 aliphatic heterocycles. The maximum atomic E-state index is 6.09. The summed E-state index contributed by atoms with van der Waals surface area (Å²) in [5.74, 6) is 0.853. The minimum atomic E-state index is 0.340. The largest absolute Gasteiger partial charge is 0.316 e. The zero-order valence-corrected chi connectivity index (χ0v) is 12.6. The molecule has 1 aliphatic rings. The van der Waals surface area contributed by atoms with Gasteiger partial charge in [0.15, 0.2) is 0 Å². The Bertz CT molecular complexity index is 415. The molecule has 0 heterocycles. The number of hydrogen-bond acceptors (Lipinski definition) is 1. The molecule has 100 valence electrons. The lowest BCUT2D eigenvalue weighted by Crippen LogP contribution is -2.35. The van der Waals surface area contributed by atoms with Gasteiger partial charge in [-0.1, -0.05) is 43.1 Å². The predicted octanol–water partition coefficient (Wildman–Crippen LogP) is 4.56. The van der Waals surface area contributed by atoms with Crippen molar-refractivity contribution in [3.63, 3.8) is 0 Å². The lowest BCUT2D eigenvalue weighted by Gasteiger charge is -2.30. The summed E-state index contributed by atoms with van der Waals surface area (Å²) >= 11 is 12.1. The van der Waals surface area contributed by atoms with Gasteiger partial charge in [0, 0.05) is 6.54 Å². The Morgan fingerprint density at radius 3 is 2.56 bits per heavy atom. The van der Waals surface area contributed by atoms with Gasteiger partial charge in [0.25, 0.3) is 0 Å². The van der Waals surface area contributed by atoms with Crippen molar-refractivity contribution in [1.29, 1.82) is 0 Å². The monoisotopic (exact) mass is 285 g/mol. The summed E-state index contributed by atoms with van der Waals surface area (Å²) in [6, 6.07) is 6.01. The first-order valence-electron chi connectivity index (χ1n) is 6.70. The molecule has 1 aromatic rings. The Labute approximate surface area is 120 Å². The van der Waals surface area contributed by atoms with Crippen LogP contribution in [0.5, 0.6) is 0 Å². The molecule has 1 aliphatic carbocycles. The number of benzene rings is 1. The molecule has 0 spiro atoms. The molecule has 1 aromatic carbocycles. The third kappa shape index (κ3) is 3.40. The van der Waals surface area contributed by atoms with Gasteiger partial charge in [-0.15, -0.1) is 0 Å². The van der Waals surface area contributed by atoms with Crippen LogP contribution in [0.4, 0.5) is 0 Å². The Balaban J connectivity index is 2.10. The summed E-state index contributed by atoms with van der Waals surface area (Å²) < 4.78 is 0. The van der Waals surface area contributed by atoms with Gasteiger partial charge < -0.3 is 5.32 Å². The highest BCUT2D eigenvalue weighted by atomic mass is 35.5. The topological polar surface area (TPSA) is 12.0 Å². The van der Waals surface area contributed by atoms with Crippen LogP contribution >= 0.6 is 23.2 Å². The molecule has 1 unspecified atom stereocenters. The van der Waals surface area contributed by atoms with E-state index in [0.717, 1.165) is 25.4 Å². The van der Waals surface area contributed by atoms with Crippen LogP contribution in [-0.4, -0.2) is 13.1 Å². The summed E-state index contributed by atoms with van der Waals surface area (Å²) in [5, 5.41) is 4.80. The first kappa shape index (κ1) is 14.2. The summed E-state index contributed by atoms with van der Waals surface area (Å²) in [6.07, 6.45) is 3.80. The summed E-state index contributed by atoms with van der Waals surface area (Å²) in [7, 11) is 0. The van der Waals surface area contributed by atoms with Crippen molar-refractivity contribution >= 4 is 23.2 Å². The van der Waals surface area contributed by atoms with Crippen LogP contribution in [0.25, 0.3) is 0 Å². The van der Waals surface area contributed by atoms with E-state index < -0.39 is 0 Å². The van der Waals surface area contributed by atoms with Gasteiger partial charge >= 0.3 is 0 Å². The average molecular weight is 286 g/mol. The van der Waals surface area contributed by atoms with E-state index in [1.807, 2.05) is 12.1 Å². The van der Waals surface area contributed by atoms with Crippen LogP contribution in [0, 0.1) is 11.3 Å². The zero-order chi connectivity index (χ0) is 13.2. The highest BCUT2D eigenvalue weighted by molar-refractivity contribution is 6.42. The minimum absolute atomic E-state index is 0.340. The highest BCUT2D eigenvalue weighted by Crippen LogP contribution is 2.47. The van der Waals surface area contributed by atoms with E-state index in [2.05, 4.69) is 25.2 Å². The highest BCUT2D eigenvalue weighted by Gasteiger charge is 2.40. The van der Waals surface area contributed by atoms with Crippen molar-refractivity contribution in [1.82, 2.24) is 5.32 Å². The van der Waals surface area contributed by atoms with Gasteiger partial charge in [-0.05, 0) is 54.8 Å². The Morgan fingerprint density at radius 2 is 2.00 bits per heavy atom. The lowest BCUT2D eigenvalue weighted by molar-refractivity contribution is 0.258. The van der Waals surface area contributed by atoms with Gasteiger partial charge in [-0.25, -0.2) is 0 Å². The zero-order valence-electron chi connectivity index (χ0n) is 11.1. The fraction of sp³-hybridized carbons (Fsp3) is 0.600. The molecule has 0 amide bonds. The van der Waals surface area contributed by atoms with Gasteiger partial charge in [0.2, 0.25) is 0 Å². The second-order valence-corrected chi connectivity index (χ2v) is 6.45. The predicted molar refractivity (Wildman–Crippen MR) is 79.5 cm³/mol. The Morgan fingerprint density at radius 1 is 1.28 bits per heavy atom. The molecule has 1 saturated carbocycles. The lowest BCUT2D eigenvalue weighted by atomic mass is 9.79. The smallest absolute Gasteiger partial charge is 0.0595 e. The molecule has 0 radical (unpaired) electrons. The van der Waals surface area contributed by atoms with E-state index in [0.29, 0.717) is 15.5 Å². The molecule has 3 heteroatoms. The normalized spacial score (nSPS) is 18.7. The van der Waals surface area contributed by atoms with E-state index in [1.54, 1.807) is 0 Å². The molecule has 1 fully saturated rings. The number of halogens is 2. The quantitative estimate of drug-likeness (QED) is 0.808. The molecule has 1 N–H and O–H groups in total. The SMILES string of the molecule is CCNCC(C)(Cc1ccc(Cl)c(Cl)c1)C1CC1. The van der Waals surface area contributed by atoms with Crippen molar-refractivity contribution in [2.75, 3.05) is 13.1 Å². The van der Waals surface area contributed by atoms with E-state index in [1.165, 1.54) is 18.4 Å². The van der Waals surface area contributed by atoms with Gasteiger partial charge in [0.05, 0.1) is 10.0 Å². The first-order valence-corrected chi connectivity index (χ1v) is 7.45. The van der Waals surface area contributed by atoms with E-state index in [-0.39, 0.29) is 0 Å². The molecular weight excluding hydrogens is 265 g/mol. The van der Waals surface area contributed by atoms with Crippen molar-refractivity contribution in [3.8, 4) is 0 Å². The van der Waals surface area contributed by atoms with Gasteiger partial charge in [-0.2, -0.15) is 0 Å². The van der Waals surface area contributed by atoms with E-state index in [4.69, 9.17) is 23.2 Å². The number of nitrogens with one attached hydrogen (secondary N) is 1. The maximum absolute atomic E-state index is 6.09. The maximum Gasteiger partial charge on any atom is 0.0595 e. The number of hydrogen-bond donors (Lipinski definition) is 1. The number of rotatable bonds is 6. The van der Waals surface area contributed by atoms with Crippen molar-refractivity contribution in [3.05, 3.63) is 33.8 Å². The van der Waals surface area contributed by atoms with Crippen LogP contribution in [0.15, 0.2) is 18.2 Å². The third-order valence-electron chi connectivity index (χ3n) is 3.93. The second kappa shape index (κ2) is 5.81. The molecule has 2 rings (SSSR count). The molecule has 18 heavy (non-hydrogen) atoms. The van der Waals surface area contributed by atoms with Crippen molar-refractivity contribution < 1.29 is 0 Å². The fourth-order valence-corrected chi connectivity index (χ4v) is 2.98. The molecule has 0 saturated heterocycles. The second-order valence-electron chi connectivity index (χ2n) is 5.63. The van der Waals surface area contributed by atoms with E-state index in [9.17, 15) is 0 Å². The summed E-state index contributed by atoms with van der Waals surface area (Å²) in [4.78, 5) is 0. The van der Waals surface area contributed by atoms with Crippen LogP contribution in [0.1, 0.15) is 32.3 Å². The Hall–Kier alpha value is -0.240. The van der Waals surface area contributed by atoms with Crippen LogP contribution < -0.4 is 5.32 Å². The van der Waals surface area contributed by atoms with E-state index >= 15 is 0 Å². The van der Waals surface area contributed by atoms with Gasteiger partial charge in [-0.3, -0.25) is 0 Å². The van der Waals surface area contributed by atoms with Crippen LogP contribution in [0.3, 0.4) is 0 Å². The van der Waals surface area contributed by atoms with Crippen LogP contribution in [0.2, 0.25) is 10.0 Å². The molecule has 0 aromatic heterocycles. The Kier molecular flexibility index (Phi) is 4.58. The standard InChI is InChI=1S/C15H21Cl2N/c1-3-18-10-15(2,12-5-6-12)9-11-4-7-13(16)14(17)8-11/h4,7-8,12,18H,3,5-6,9-10H2,1-2H3. The summed E-state index contributed by atoms with van der Waals surface area (Å²) in [6.45, 7) is 6.65. The van der Waals surface area contributed by atoms with Gasteiger partial charge in [0.1, 0.15) is 0 Å². The van der Waals surface area contributed by atoms with Crippen molar-refractivity contribution in [2.24, 2.45) is 11.3 Å². The average Bonchev–Trinajstić information content (AvgIpc) is 3.16. The molecule has 0 bridgehead atoms. The van der Waals surface area contributed by atoms with Crippen molar-refractivity contribution in [2.45, 2.75) is 33.1 Å². The molecule has 1 atom stereocenters. The molecular formula is C15H21Cl2N. The first-order chi connectivity index (χ1) is 8.55. The minimum Gasteiger partial charge on any atom is -0.316 e. The molecule has 1 nitrogen and oxygen atoms in total. The summed E-state index contributed by atoms with van der Waals surface area (Å²) in [5.41, 5.74) is 1.63. The third-order valence-corrected chi connectivity index (χ3v) is 4.67. The van der Waals surface area contributed by atoms with Crippen LogP contribution in [-0.2, 0) is 6.42 Å².